The summed E-state index contributed by atoms with van der Waals surface area (Å²) in [5.74, 6) is 0.385. The zero-order valence-corrected chi connectivity index (χ0v) is 12.8. The molecule has 21 heavy (non-hydrogen) atoms. The van der Waals surface area contributed by atoms with E-state index >= 15 is 0 Å². The molecule has 5 nitrogen and oxygen atoms in total. The maximum Gasteiger partial charge on any atom is 0.270 e. The number of anilines is 2. The molecule has 1 aromatic heterocycles. The van der Waals surface area contributed by atoms with Crippen LogP contribution in [-0.2, 0) is 0 Å². The van der Waals surface area contributed by atoms with Crippen LogP contribution in [0.15, 0.2) is 36.7 Å². The molecule has 0 aliphatic rings. The SMILES string of the molecule is Cc1ccccc1Nc1cc(C(=O)NC(C)(C)C)ncn1. The first kappa shape index (κ1) is 15.0. The maximum atomic E-state index is 12.1. The first-order chi connectivity index (χ1) is 9.85. The summed E-state index contributed by atoms with van der Waals surface area (Å²) in [6, 6.07) is 9.54. The fraction of sp³-hybridized carbons (Fsp3) is 0.312. The van der Waals surface area contributed by atoms with Gasteiger partial charge < -0.3 is 10.6 Å². The maximum absolute atomic E-state index is 12.1. The van der Waals surface area contributed by atoms with Crippen molar-refractivity contribution in [2.24, 2.45) is 0 Å². The number of hydrogen-bond donors (Lipinski definition) is 2. The average Bonchev–Trinajstić information content (AvgIpc) is 2.40. The summed E-state index contributed by atoms with van der Waals surface area (Å²) < 4.78 is 0. The number of benzene rings is 1. The van der Waals surface area contributed by atoms with Crippen molar-refractivity contribution in [2.75, 3.05) is 5.32 Å². The second-order valence-electron chi connectivity index (χ2n) is 5.93. The highest BCUT2D eigenvalue weighted by Crippen LogP contribution is 2.18. The first-order valence-corrected chi connectivity index (χ1v) is 6.82. The molecule has 0 saturated carbocycles. The molecule has 0 aliphatic heterocycles. The van der Waals surface area contributed by atoms with Crippen LogP contribution >= 0.6 is 0 Å². The van der Waals surface area contributed by atoms with E-state index in [9.17, 15) is 4.79 Å². The fourth-order valence-electron chi connectivity index (χ4n) is 1.81. The lowest BCUT2D eigenvalue weighted by Crippen LogP contribution is -2.40. The molecule has 1 amide bonds. The molecule has 5 heteroatoms. The average molecular weight is 284 g/mol. The van der Waals surface area contributed by atoms with Crippen LogP contribution in [0.3, 0.4) is 0 Å². The van der Waals surface area contributed by atoms with Gasteiger partial charge in [0.25, 0.3) is 5.91 Å². The minimum atomic E-state index is -0.300. The predicted molar refractivity (Wildman–Crippen MR) is 83.7 cm³/mol. The highest BCUT2D eigenvalue weighted by molar-refractivity contribution is 5.93. The number of nitrogens with zero attached hydrogens (tertiary/aromatic N) is 2. The van der Waals surface area contributed by atoms with E-state index in [1.165, 1.54) is 6.33 Å². The zero-order chi connectivity index (χ0) is 15.5. The fourth-order valence-corrected chi connectivity index (χ4v) is 1.81. The van der Waals surface area contributed by atoms with Crippen LogP contribution < -0.4 is 10.6 Å². The molecule has 0 spiro atoms. The number of carbonyl (C=O) groups is 1. The third-order valence-electron chi connectivity index (χ3n) is 2.80. The Balaban J connectivity index is 2.18. The van der Waals surface area contributed by atoms with Crippen molar-refractivity contribution in [1.82, 2.24) is 15.3 Å². The van der Waals surface area contributed by atoms with Gasteiger partial charge in [-0.05, 0) is 39.3 Å². The van der Waals surface area contributed by atoms with Crippen LogP contribution in [0.5, 0.6) is 0 Å². The van der Waals surface area contributed by atoms with Crippen molar-refractivity contribution in [3.63, 3.8) is 0 Å². The molecule has 2 aromatic rings. The van der Waals surface area contributed by atoms with Crippen LogP contribution in [0, 0.1) is 6.92 Å². The molecule has 110 valence electrons. The van der Waals surface area contributed by atoms with E-state index in [4.69, 9.17) is 0 Å². The van der Waals surface area contributed by atoms with E-state index in [0.717, 1.165) is 11.3 Å². The van der Waals surface area contributed by atoms with Gasteiger partial charge in [-0.15, -0.1) is 0 Å². The molecular weight excluding hydrogens is 264 g/mol. The highest BCUT2D eigenvalue weighted by Gasteiger charge is 2.16. The largest absolute Gasteiger partial charge is 0.346 e. The van der Waals surface area contributed by atoms with E-state index < -0.39 is 0 Å². The Kier molecular flexibility index (Phi) is 4.21. The van der Waals surface area contributed by atoms with E-state index in [1.54, 1.807) is 6.07 Å². The molecule has 0 radical (unpaired) electrons. The number of aryl methyl sites for hydroxylation is 1. The lowest BCUT2D eigenvalue weighted by Gasteiger charge is -2.20. The third kappa shape index (κ3) is 4.27. The van der Waals surface area contributed by atoms with Gasteiger partial charge in [0.05, 0.1) is 0 Å². The Hall–Kier alpha value is -2.43. The van der Waals surface area contributed by atoms with E-state index in [-0.39, 0.29) is 11.4 Å². The van der Waals surface area contributed by atoms with Crippen molar-refractivity contribution in [2.45, 2.75) is 33.2 Å². The van der Waals surface area contributed by atoms with Gasteiger partial charge in [-0.25, -0.2) is 9.97 Å². The number of nitrogens with one attached hydrogen (secondary N) is 2. The van der Waals surface area contributed by atoms with Crippen molar-refractivity contribution in [3.05, 3.63) is 47.9 Å². The summed E-state index contributed by atoms with van der Waals surface area (Å²) >= 11 is 0. The number of carbonyl (C=O) groups excluding carboxylic acids is 1. The van der Waals surface area contributed by atoms with E-state index in [2.05, 4.69) is 20.6 Å². The molecule has 1 heterocycles. The lowest BCUT2D eigenvalue weighted by atomic mass is 10.1. The number of aromatic nitrogens is 2. The smallest absolute Gasteiger partial charge is 0.270 e. The van der Waals surface area contributed by atoms with Gasteiger partial charge in [-0.2, -0.15) is 0 Å². The van der Waals surface area contributed by atoms with E-state index in [1.807, 2.05) is 52.0 Å². The van der Waals surface area contributed by atoms with Gasteiger partial charge in [-0.1, -0.05) is 18.2 Å². The predicted octanol–water partition coefficient (Wildman–Crippen LogP) is 3.06. The molecule has 1 aromatic carbocycles. The Bertz CT molecular complexity index is 647. The Morgan fingerprint density at radius 3 is 2.52 bits per heavy atom. The Morgan fingerprint density at radius 1 is 1.14 bits per heavy atom. The van der Waals surface area contributed by atoms with Crippen molar-refractivity contribution in [1.29, 1.82) is 0 Å². The highest BCUT2D eigenvalue weighted by atomic mass is 16.2. The summed E-state index contributed by atoms with van der Waals surface area (Å²) in [5.41, 5.74) is 2.11. The third-order valence-corrected chi connectivity index (χ3v) is 2.80. The molecule has 2 N–H and O–H groups in total. The monoisotopic (exact) mass is 284 g/mol. The number of hydrogen-bond acceptors (Lipinski definition) is 4. The zero-order valence-electron chi connectivity index (χ0n) is 12.8. The Morgan fingerprint density at radius 2 is 1.86 bits per heavy atom. The van der Waals surface area contributed by atoms with E-state index in [0.29, 0.717) is 11.5 Å². The summed E-state index contributed by atoms with van der Waals surface area (Å²) in [5, 5.41) is 6.08. The number of para-hydroxylation sites is 1. The van der Waals surface area contributed by atoms with Crippen LogP contribution in [0.2, 0.25) is 0 Å². The second kappa shape index (κ2) is 5.91. The molecule has 0 fully saturated rings. The van der Waals surface area contributed by atoms with Crippen LogP contribution in [0.1, 0.15) is 36.8 Å². The van der Waals surface area contributed by atoms with Gasteiger partial charge in [-0.3, -0.25) is 4.79 Å². The number of rotatable bonds is 3. The minimum Gasteiger partial charge on any atom is -0.346 e. The Labute approximate surface area is 124 Å². The van der Waals surface area contributed by atoms with Gasteiger partial charge >= 0.3 is 0 Å². The summed E-state index contributed by atoms with van der Waals surface area (Å²) in [7, 11) is 0. The van der Waals surface area contributed by atoms with Crippen molar-refractivity contribution >= 4 is 17.4 Å². The molecular formula is C16H20N4O. The molecule has 2 rings (SSSR count). The molecule has 0 aliphatic carbocycles. The van der Waals surface area contributed by atoms with Crippen molar-refractivity contribution in [3.8, 4) is 0 Å². The summed E-state index contributed by atoms with van der Waals surface area (Å²) in [4.78, 5) is 20.3. The molecule has 0 atom stereocenters. The molecule has 0 bridgehead atoms. The van der Waals surface area contributed by atoms with Crippen molar-refractivity contribution < 1.29 is 4.79 Å². The number of amides is 1. The van der Waals surface area contributed by atoms with Crippen LogP contribution in [-0.4, -0.2) is 21.4 Å². The van der Waals surface area contributed by atoms with Gasteiger partial charge in [0.15, 0.2) is 0 Å². The molecule has 0 saturated heterocycles. The standard InChI is InChI=1S/C16H20N4O/c1-11-7-5-6-8-12(11)19-14-9-13(17-10-18-14)15(21)20-16(2,3)4/h5-10H,1-4H3,(H,20,21)(H,17,18,19). The van der Waals surface area contributed by atoms with Crippen LogP contribution in [0.4, 0.5) is 11.5 Å². The van der Waals surface area contributed by atoms with Gasteiger partial charge in [0.2, 0.25) is 0 Å². The van der Waals surface area contributed by atoms with Gasteiger partial charge in [0.1, 0.15) is 17.8 Å². The first-order valence-electron chi connectivity index (χ1n) is 6.82. The summed E-state index contributed by atoms with van der Waals surface area (Å²) in [6.07, 6.45) is 1.39. The minimum absolute atomic E-state index is 0.210. The molecule has 0 unspecified atom stereocenters. The second-order valence-corrected chi connectivity index (χ2v) is 5.93. The topological polar surface area (TPSA) is 66.9 Å². The van der Waals surface area contributed by atoms with Gasteiger partial charge in [0, 0.05) is 17.3 Å². The normalized spacial score (nSPS) is 11.0. The quantitative estimate of drug-likeness (QED) is 0.909. The lowest BCUT2D eigenvalue weighted by molar-refractivity contribution is 0.0914. The van der Waals surface area contributed by atoms with Crippen LogP contribution in [0.25, 0.3) is 0 Å². The summed E-state index contributed by atoms with van der Waals surface area (Å²) in [6.45, 7) is 7.80.